The second kappa shape index (κ2) is 6.11. The van der Waals surface area contributed by atoms with Crippen molar-refractivity contribution >= 4 is 39.2 Å². The number of hydrogen-bond acceptors (Lipinski definition) is 3. The molecule has 0 saturated carbocycles. The highest BCUT2D eigenvalue weighted by Crippen LogP contribution is 2.32. The minimum Gasteiger partial charge on any atom is -0.466 e. The predicted molar refractivity (Wildman–Crippen MR) is 85.1 cm³/mol. The molecule has 1 N–H and O–H groups in total. The van der Waals surface area contributed by atoms with Gasteiger partial charge in [-0.05, 0) is 52.8 Å². The van der Waals surface area contributed by atoms with Gasteiger partial charge in [0.2, 0.25) is 0 Å². The van der Waals surface area contributed by atoms with Crippen LogP contribution in [-0.2, 0) is 9.53 Å². The van der Waals surface area contributed by atoms with Gasteiger partial charge in [0.1, 0.15) is 5.82 Å². The normalized spacial score (nSPS) is 18.6. The summed E-state index contributed by atoms with van der Waals surface area (Å²) in [5, 5.41) is 3.57. The van der Waals surface area contributed by atoms with Gasteiger partial charge in [0.05, 0.1) is 23.2 Å². The average Bonchev–Trinajstić information content (AvgIpc) is 2.46. The Labute approximate surface area is 136 Å². The second-order valence-corrected chi connectivity index (χ2v) is 5.85. The third kappa shape index (κ3) is 2.94. The number of methoxy groups -OCH3 is 1. The Kier molecular flexibility index (Phi) is 4.63. The number of carbonyl (C=O) groups is 1. The number of ether oxygens (including phenoxy) is 1. The number of rotatable bonds is 2. The average molecular weight is 373 g/mol. The molecule has 1 atom stereocenters. The maximum atomic E-state index is 13.4. The van der Waals surface area contributed by atoms with E-state index in [4.69, 9.17) is 17.0 Å². The molecule has 1 aromatic carbocycles. The van der Waals surface area contributed by atoms with E-state index in [2.05, 4.69) is 21.2 Å². The van der Waals surface area contributed by atoms with Gasteiger partial charge in [-0.25, -0.2) is 9.18 Å². The van der Waals surface area contributed by atoms with Gasteiger partial charge in [0.15, 0.2) is 5.11 Å². The molecule has 0 aromatic heterocycles. The molecule has 0 amide bonds. The Hall–Kier alpha value is -1.47. The lowest BCUT2D eigenvalue weighted by molar-refractivity contribution is -0.136. The van der Waals surface area contributed by atoms with Crippen molar-refractivity contribution in [1.29, 1.82) is 0 Å². The van der Waals surface area contributed by atoms with E-state index in [0.717, 1.165) is 5.56 Å². The molecule has 1 heterocycles. The highest BCUT2D eigenvalue weighted by atomic mass is 79.9. The first-order chi connectivity index (χ1) is 9.86. The monoisotopic (exact) mass is 372 g/mol. The first-order valence-corrected chi connectivity index (χ1v) is 7.35. The van der Waals surface area contributed by atoms with Crippen LogP contribution in [0.4, 0.5) is 4.39 Å². The van der Waals surface area contributed by atoms with Gasteiger partial charge in [-0.2, -0.15) is 0 Å². The summed E-state index contributed by atoms with van der Waals surface area (Å²) in [6, 6.07) is 4.10. The zero-order valence-corrected chi connectivity index (χ0v) is 14.1. The minimum atomic E-state index is -0.474. The van der Waals surface area contributed by atoms with Crippen molar-refractivity contribution in [3.05, 3.63) is 45.3 Å². The van der Waals surface area contributed by atoms with Crippen LogP contribution >= 0.6 is 28.1 Å². The Morgan fingerprint density at radius 3 is 2.76 bits per heavy atom. The predicted octanol–water partition coefficient (Wildman–Crippen LogP) is 2.90. The molecule has 1 aliphatic rings. The van der Waals surface area contributed by atoms with E-state index in [9.17, 15) is 9.18 Å². The largest absolute Gasteiger partial charge is 0.466 e. The molecule has 1 aliphatic heterocycles. The molecule has 0 fully saturated rings. The zero-order valence-electron chi connectivity index (χ0n) is 11.7. The Balaban J connectivity index is 2.56. The quantitative estimate of drug-likeness (QED) is 0.638. The number of thiocarbonyl (C=S) groups is 1. The Morgan fingerprint density at radius 1 is 1.52 bits per heavy atom. The standard InChI is InChI=1S/C14H14BrFN2O2S/c1-7-11(13(19)20-3)12(17-14(21)18(7)2)8-4-5-10(16)9(15)6-8/h4-6,12H,1-3H3,(H,17,21)/t12-/m0/s1. The van der Waals surface area contributed by atoms with Crippen molar-refractivity contribution in [1.82, 2.24) is 10.2 Å². The summed E-state index contributed by atoms with van der Waals surface area (Å²) in [4.78, 5) is 13.8. The Bertz CT molecular complexity index is 648. The summed E-state index contributed by atoms with van der Waals surface area (Å²) >= 11 is 8.41. The van der Waals surface area contributed by atoms with E-state index in [1.807, 2.05) is 0 Å². The molecule has 0 saturated heterocycles. The van der Waals surface area contributed by atoms with Crippen LogP contribution in [-0.4, -0.2) is 30.1 Å². The van der Waals surface area contributed by atoms with E-state index in [1.54, 1.807) is 31.0 Å². The first-order valence-electron chi connectivity index (χ1n) is 6.15. The minimum absolute atomic E-state index is 0.327. The van der Waals surface area contributed by atoms with E-state index >= 15 is 0 Å². The van der Waals surface area contributed by atoms with Crippen molar-refractivity contribution in [2.24, 2.45) is 0 Å². The van der Waals surface area contributed by atoms with Gasteiger partial charge in [-0.3, -0.25) is 0 Å². The number of nitrogens with one attached hydrogen (secondary N) is 1. The molecule has 1 aromatic rings. The summed E-state index contributed by atoms with van der Waals surface area (Å²) < 4.78 is 18.6. The fourth-order valence-electron chi connectivity index (χ4n) is 2.15. The fourth-order valence-corrected chi connectivity index (χ4v) is 2.80. The molecule has 21 heavy (non-hydrogen) atoms. The van der Waals surface area contributed by atoms with Crippen LogP contribution in [0.25, 0.3) is 0 Å². The van der Waals surface area contributed by atoms with Crippen LogP contribution in [0.15, 0.2) is 33.9 Å². The van der Waals surface area contributed by atoms with E-state index in [-0.39, 0.29) is 5.82 Å². The number of benzene rings is 1. The highest BCUT2D eigenvalue weighted by molar-refractivity contribution is 9.10. The Morgan fingerprint density at radius 2 is 2.19 bits per heavy atom. The molecule has 0 aliphatic carbocycles. The molecule has 0 bridgehead atoms. The number of nitrogens with zero attached hydrogens (tertiary/aromatic N) is 1. The zero-order chi connectivity index (χ0) is 15.7. The molecule has 7 heteroatoms. The molecule has 0 unspecified atom stereocenters. The molecule has 2 rings (SSSR count). The van der Waals surface area contributed by atoms with Crippen molar-refractivity contribution < 1.29 is 13.9 Å². The molecular weight excluding hydrogens is 359 g/mol. The summed E-state index contributed by atoms with van der Waals surface area (Å²) in [7, 11) is 3.09. The van der Waals surface area contributed by atoms with Gasteiger partial charge >= 0.3 is 5.97 Å². The molecule has 0 spiro atoms. The SMILES string of the molecule is COC(=O)C1=C(C)N(C)C(=S)N[C@H]1c1ccc(F)c(Br)c1. The number of hydrogen-bond donors (Lipinski definition) is 1. The van der Waals surface area contributed by atoms with Crippen LogP contribution in [0.5, 0.6) is 0 Å². The van der Waals surface area contributed by atoms with Gasteiger partial charge in [0, 0.05) is 12.7 Å². The number of carbonyl (C=O) groups excluding carboxylic acids is 1. The van der Waals surface area contributed by atoms with E-state index in [0.29, 0.717) is 20.9 Å². The van der Waals surface area contributed by atoms with Gasteiger partial charge in [-0.15, -0.1) is 0 Å². The molecule has 0 radical (unpaired) electrons. The third-order valence-corrected chi connectivity index (χ3v) is 4.44. The number of allylic oxidation sites excluding steroid dienone is 1. The molecule has 4 nitrogen and oxygen atoms in total. The van der Waals surface area contributed by atoms with Crippen molar-refractivity contribution in [2.75, 3.05) is 14.2 Å². The van der Waals surface area contributed by atoms with Gasteiger partial charge in [-0.1, -0.05) is 6.07 Å². The van der Waals surface area contributed by atoms with Crippen LogP contribution in [0, 0.1) is 5.82 Å². The van der Waals surface area contributed by atoms with Crippen molar-refractivity contribution in [3.8, 4) is 0 Å². The molecule has 112 valence electrons. The summed E-state index contributed by atoms with van der Waals surface area (Å²) in [6.45, 7) is 1.80. The summed E-state index contributed by atoms with van der Waals surface area (Å²) in [5.41, 5.74) is 1.88. The first kappa shape index (κ1) is 15.9. The highest BCUT2D eigenvalue weighted by Gasteiger charge is 2.33. The van der Waals surface area contributed by atoms with Gasteiger partial charge < -0.3 is 15.0 Å². The lowest BCUT2D eigenvalue weighted by Crippen LogP contribution is -2.46. The van der Waals surface area contributed by atoms with Crippen molar-refractivity contribution in [2.45, 2.75) is 13.0 Å². The van der Waals surface area contributed by atoms with Crippen LogP contribution in [0.3, 0.4) is 0 Å². The topological polar surface area (TPSA) is 41.6 Å². The number of esters is 1. The summed E-state index contributed by atoms with van der Waals surface area (Å²) in [5.74, 6) is -0.811. The third-order valence-electron chi connectivity index (χ3n) is 3.44. The lowest BCUT2D eigenvalue weighted by atomic mass is 9.95. The summed E-state index contributed by atoms with van der Waals surface area (Å²) in [6.07, 6.45) is 0. The maximum Gasteiger partial charge on any atom is 0.337 e. The smallest absolute Gasteiger partial charge is 0.337 e. The van der Waals surface area contributed by atoms with Crippen LogP contribution in [0.2, 0.25) is 0 Å². The van der Waals surface area contributed by atoms with Gasteiger partial charge in [0.25, 0.3) is 0 Å². The van der Waals surface area contributed by atoms with E-state index in [1.165, 1.54) is 13.2 Å². The second-order valence-electron chi connectivity index (χ2n) is 4.61. The van der Waals surface area contributed by atoms with Crippen molar-refractivity contribution in [3.63, 3.8) is 0 Å². The maximum absolute atomic E-state index is 13.4. The van der Waals surface area contributed by atoms with Crippen LogP contribution in [0.1, 0.15) is 18.5 Å². The lowest BCUT2D eigenvalue weighted by Gasteiger charge is -2.35. The van der Waals surface area contributed by atoms with E-state index < -0.39 is 12.0 Å². The molecular formula is C14H14BrFN2O2S. The van der Waals surface area contributed by atoms with Crippen LogP contribution < -0.4 is 5.32 Å². The number of halogens is 2. The fraction of sp³-hybridized carbons (Fsp3) is 0.286.